The second kappa shape index (κ2) is 9.59. The largest absolute Gasteiger partial charge is 0.296 e. The highest BCUT2D eigenvalue weighted by molar-refractivity contribution is 5.78. The average molecular weight is 285 g/mol. The van der Waals surface area contributed by atoms with Crippen LogP contribution in [-0.4, -0.2) is 11.3 Å². The molecule has 0 amide bonds. The number of carbonyl (C=O) groups excluding carboxylic acids is 1. The van der Waals surface area contributed by atoms with Crippen molar-refractivity contribution in [1.82, 2.24) is 4.98 Å². The minimum Gasteiger partial charge on any atom is -0.296 e. The van der Waals surface area contributed by atoms with Crippen molar-refractivity contribution in [3.63, 3.8) is 0 Å². The third-order valence-electron chi connectivity index (χ3n) is 2.77. The Bertz CT molecular complexity index is 583. The Balaban J connectivity index is 2.86. The molecule has 0 spiro atoms. The zero-order valence-electron chi connectivity index (χ0n) is 12.4. The van der Waals surface area contributed by atoms with Crippen LogP contribution < -0.4 is 0 Å². The fourth-order valence-corrected chi connectivity index (χ4v) is 1.71. The fourth-order valence-electron chi connectivity index (χ4n) is 1.71. The first-order valence-corrected chi connectivity index (χ1v) is 7.01. The molecule has 1 rings (SSSR count). The zero-order valence-corrected chi connectivity index (χ0v) is 12.4. The molecule has 2 nitrogen and oxygen atoms in total. The topological polar surface area (TPSA) is 30.0 Å². The summed E-state index contributed by atoms with van der Waals surface area (Å²) in [6.07, 6.45) is 13.2. The number of rotatable bonds is 7. The van der Waals surface area contributed by atoms with Gasteiger partial charge in [0, 0.05) is 5.57 Å². The maximum atomic E-state index is 14.2. The Labute approximate surface area is 125 Å². The molecule has 0 aliphatic heterocycles. The van der Waals surface area contributed by atoms with Gasteiger partial charge in [-0.3, -0.25) is 4.79 Å². The van der Waals surface area contributed by atoms with Crippen LogP contribution in [0.2, 0.25) is 0 Å². The maximum absolute atomic E-state index is 14.2. The molecular formula is C18H20FNO. The lowest BCUT2D eigenvalue weighted by molar-refractivity contribution is 0.111. The van der Waals surface area contributed by atoms with Gasteiger partial charge in [0.05, 0.1) is 5.69 Å². The van der Waals surface area contributed by atoms with E-state index >= 15 is 0 Å². The molecule has 0 aromatic carbocycles. The van der Waals surface area contributed by atoms with E-state index in [1.54, 1.807) is 43.4 Å². The summed E-state index contributed by atoms with van der Waals surface area (Å²) in [6, 6.07) is 4.95. The zero-order chi connectivity index (χ0) is 15.5. The molecule has 0 bridgehead atoms. The Morgan fingerprint density at radius 3 is 2.76 bits per heavy atom. The van der Waals surface area contributed by atoms with Crippen LogP contribution in [0.1, 0.15) is 42.9 Å². The first kappa shape index (κ1) is 16.8. The van der Waals surface area contributed by atoms with Crippen LogP contribution in [0.3, 0.4) is 0 Å². The smallest absolute Gasteiger partial charge is 0.168 e. The van der Waals surface area contributed by atoms with Gasteiger partial charge in [-0.2, -0.15) is 0 Å². The van der Waals surface area contributed by atoms with E-state index in [0.717, 1.165) is 12.8 Å². The lowest BCUT2D eigenvalue weighted by Gasteiger charge is -2.04. The van der Waals surface area contributed by atoms with Crippen molar-refractivity contribution in [2.75, 3.05) is 0 Å². The summed E-state index contributed by atoms with van der Waals surface area (Å²) in [6.45, 7) is 3.84. The van der Waals surface area contributed by atoms with Crippen molar-refractivity contribution < 1.29 is 9.18 Å². The molecular weight excluding hydrogens is 265 g/mol. The maximum Gasteiger partial charge on any atom is 0.168 e. The third-order valence-corrected chi connectivity index (χ3v) is 2.77. The molecule has 0 fully saturated rings. The van der Waals surface area contributed by atoms with Gasteiger partial charge in [0.15, 0.2) is 6.29 Å². The summed E-state index contributed by atoms with van der Waals surface area (Å²) in [5, 5.41) is 0. The number of halogens is 1. The van der Waals surface area contributed by atoms with E-state index in [9.17, 15) is 9.18 Å². The molecule has 0 N–H and O–H groups in total. The number of pyridine rings is 1. The van der Waals surface area contributed by atoms with Crippen LogP contribution in [0.25, 0.3) is 5.57 Å². The summed E-state index contributed by atoms with van der Waals surface area (Å²) < 4.78 is 14.2. The Hall–Kier alpha value is -2.29. The summed E-state index contributed by atoms with van der Waals surface area (Å²) in [5.74, 6) is -0.381. The predicted octanol–water partition coefficient (Wildman–Crippen LogP) is 5.06. The standard InChI is InChI=1S/C18H20FNO/c1-3-5-6-7-8-9-12-17(19)16(4-2)18-13-10-11-15(14-21)20-18/h4,6-14H,3,5H2,1-2H3/b7-6+,9-8+,16-4+,17-12+. The van der Waals surface area contributed by atoms with E-state index in [1.807, 2.05) is 12.2 Å². The molecule has 0 radical (unpaired) electrons. The second-order valence-electron chi connectivity index (χ2n) is 4.38. The van der Waals surface area contributed by atoms with Crippen LogP contribution in [0.4, 0.5) is 4.39 Å². The molecule has 1 aromatic rings. The molecule has 21 heavy (non-hydrogen) atoms. The number of aldehydes is 1. The van der Waals surface area contributed by atoms with Crippen LogP contribution in [0, 0.1) is 0 Å². The molecule has 3 heteroatoms. The monoisotopic (exact) mass is 285 g/mol. The first-order valence-electron chi connectivity index (χ1n) is 7.01. The lowest BCUT2D eigenvalue weighted by Crippen LogP contribution is -1.94. The van der Waals surface area contributed by atoms with Crippen molar-refractivity contribution in [2.24, 2.45) is 0 Å². The highest BCUT2D eigenvalue weighted by Crippen LogP contribution is 2.22. The quantitative estimate of drug-likeness (QED) is 0.517. The molecule has 0 unspecified atom stereocenters. The molecule has 1 heterocycles. The number of hydrogen-bond acceptors (Lipinski definition) is 2. The van der Waals surface area contributed by atoms with E-state index in [4.69, 9.17) is 0 Å². The number of aromatic nitrogens is 1. The average Bonchev–Trinajstić information content (AvgIpc) is 2.51. The third kappa shape index (κ3) is 5.69. The van der Waals surface area contributed by atoms with E-state index in [1.165, 1.54) is 6.08 Å². The molecule has 0 aliphatic rings. The van der Waals surface area contributed by atoms with Gasteiger partial charge in [-0.15, -0.1) is 0 Å². The summed E-state index contributed by atoms with van der Waals surface area (Å²) in [5.41, 5.74) is 1.12. The van der Waals surface area contributed by atoms with Gasteiger partial charge >= 0.3 is 0 Å². The molecule has 110 valence electrons. The van der Waals surface area contributed by atoms with Gasteiger partial charge < -0.3 is 0 Å². The van der Waals surface area contributed by atoms with E-state index in [0.29, 0.717) is 17.6 Å². The number of hydrogen-bond donors (Lipinski definition) is 0. The minimum absolute atomic E-state index is 0.290. The van der Waals surface area contributed by atoms with Gasteiger partial charge in [0.2, 0.25) is 0 Å². The molecule has 0 saturated heterocycles. The van der Waals surface area contributed by atoms with E-state index in [2.05, 4.69) is 11.9 Å². The number of nitrogens with zero attached hydrogens (tertiary/aromatic N) is 1. The summed E-state index contributed by atoms with van der Waals surface area (Å²) >= 11 is 0. The van der Waals surface area contributed by atoms with Gasteiger partial charge in [-0.1, -0.05) is 49.8 Å². The van der Waals surface area contributed by atoms with Crippen molar-refractivity contribution in [3.8, 4) is 0 Å². The number of allylic oxidation sites excluding steroid dienone is 8. The van der Waals surface area contributed by atoms with E-state index in [-0.39, 0.29) is 11.5 Å². The van der Waals surface area contributed by atoms with Gasteiger partial charge in [0.25, 0.3) is 0 Å². The van der Waals surface area contributed by atoms with Crippen molar-refractivity contribution in [1.29, 1.82) is 0 Å². The fraction of sp³-hybridized carbons (Fsp3) is 0.222. The van der Waals surface area contributed by atoms with Gasteiger partial charge in [-0.05, 0) is 31.6 Å². The predicted molar refractivity (Wildman–Crippen MR) is 85.7 cm³/mol. The van der Waals surface area contributed by atoms with Crippen molar-refractivity contribution >= 4 is 11.9 Å². The molecule has 0 atom stereocenters. The number of unbranched alkanes of at least 4 members (excludes halogenated alkanes) is 1. The molecule has 0 saturated carbocycles. The van der Waals surface area contributed by atoms with Gasteiger partial charge in [0.1, 0.15) is 11.5 Å². The van der Waals surface area contributed by atoms with Gasteiger partial charge in [-0.25, -0.2) is 9.37 Å². The molecule has 1 aromatic heterocycles. The lowest BCUT2D eigenvalue weighted by atomic mass is 10.1. The second-order valence-corrected chi connectivity index (χ2v) is 4.38. The summed E-state index contributed by atoms with van der Waals surface area (Å²) in [7, 11) is 0. The van der Waals surface area contributed by atoms with Crippen LogP contribution in [-0.2, 0) is 0 Å². The van der Waals surface area contributed by atoms with Crippen LogP contribution in [0.5, 0.6) is 0 Å². The number of carbonyl (C=O) groups is 1. The van der Waals surface area contributed by atoms with Crippen LogP contribution in [0.15, 0.2) is 60.5 Å². The Morgan fingerprint density at radius 2 is 2.10 bits per heavy atom. The first-order chi connectivity index (χ1) is 10.2. The Morgan fingerprint density at radius 1 is 1.29 bits per heavy atom. The highest BCUT2D eigenvalue weighted by atomic mass is 19.1. The Kier molecular flexibility index (Phi) is 7.65. The van der Waals surface area contributed by atoms with Crippen molar-refractivity contribution in [3.05, 3.63) is 71.9 Å². The normalized spacial score (nSPS) is 13.3. The summed E-state index contributed by atoms with van der Waals surface area (Å²) in [4.78, 5) is 14.8. The molecule has 0 aliphatic carbocycles. The highest BCUT2D eigenvalue weighted by Gasteiger charge is 2.07. The van der Waals surface area contributed by atoms with Crippen molar-refractivity contribution in [2.45, 2.75) is 26.7 Å². The minimum atomic E-state index is -0.381. The van der Waals surface area contributed by atoms with Crippen LogP contribution >= 0.6 is 0 Å². The van der Waals surface area contributed by atoms with E-state index < -0.39 is 0 Å². The SMILES string of the molecule is C\C=C(/C(F)=C\C=C\C=C\CCC)c1cccc(C=O)n1.